The number of sulfonamides is 1. The van der Waals surface area contributed by atoms with E-state index < -0.39 is 10.0 Å². The fraction of sp³-hybridized carbons (Fsp3) is 0.0625. The Morgan fingerprint density at radius 3 is 2.78 bits per heavy atom. The minimum atomic E-state index is -3.65. The van der Waals surface area contributed by atoms with Crippen LogP contribution in [0.3, 0.4) is 0 Å². The van der Waals surface area contributed by atoms with Crippen LogP contribution >= 0.6 is 11.3 Å². The molecule has 7 heteroatoms. The molecule has 1 aromatic carbocycles. The van der Waals surface area contributed by atoms with Crippen molar-refractivity contribution in [2.24, 2.45) is 7.05 Å². The number of aromatic nitrogens is 2. The van der Waals surface area contributed by atoms with Crippen molar-refractivity contribution in [2.75, 3.05) is 4.72 Å². The number of rotatable bonds is 3. The average Bonchev–Trinajstić information content (AvgIpc) is 3.16. The second-order valence-corrected chi connectivity index (χ2v) is 7.39. The van der Waals surface area contributed by atoms with Crippen molar-refractivity contribution in [1.29, 1.82) is 0 Å². The molecule has 0 bridgehead atoms. The number of nitrogens with zero attached hydrogens (tertiary/aromatic N) is 2. The van der Waals surface area contributed by atoms with E-state index in [9.17, 15) is 8.42 Å². The van der Waals surface area contributed by atoms with Gasteiger partial charge in [-0.05, 0) is 29.6 Å². The molecule has 0 atom stereocenters. The molecule has 0 aliphatic heterocycles. The lowest BCUT2D eigenvalue weighted by Crippen LogP contribution is -2.12. The first-order chi connectivity index (χ1) is 11.0. The molecule has 1 N–H and O–H groups in total. The molecule has 2 heterocycles. The topological polar surface area (TPSA) is 64.0 Å². The zero-order valence-electron chi connectivity index (χ0n) is 12.2. The van der Waals surface area contributed by atoms with Gasteiger partial charge in [-0.3, -0.25) is 9.40 Å². The highest BCUT2D eigenvalue weighted by atomic mass is 32.2. The molecule has 3 aromatic rings. The van der Waals surface area contributed by atoms with Gasteiger partial charge in [-0.2, -0.15) is 5.10 Å². The fourth-order valence-electron chi connectivity index (χ4n) is 1.90. The number of benzene rings is 1. The Kier molecular flexibility index (Phi) is 4.19. The van der Waals surface area contributed by atoms with E-state index in [4.69, 9.17) is 0 Å². The SMILES string of the molecule is Cn1cc(S(=O)(=O)Nc2cccc(C#Cc3cccs3)c2)cn1. The molecule has 0 saturated heterocycles. The average molecular weight is 343 g/mol. The predicted octanol–water partition coefficient (Wildman–Crippen LogP) is 2.68. The van der Waals surface area contributed by atoms with Crippen molar-refractivity contribution in [3.05, 3.63) is 64.6 Å². The van der Waals surface area contributed by atoms with Crippen LogP contribution in [0.1, 0.15) is 10.4 Å². The lowest BCUT2D eigenvalue weighted by molar-refractivity contribution is 0.601. The van der Waals surface area contributed by atoms with Crippen LogP contribution in [0.4, 0.5) is 5.69 Å². The molecule has 0 spiro atoms. The van der Waals surface area contributed by atoms with Crippen LogP contribution in [0.5, 0.6) is 0 Å². The summed E-state index contributed by atoms with van der Waals surface area (Å²) in [5, 5.41) is 5.84. The number of hydrogen-bond donors (Lipinski definition) is 1. The van der Waals surface area contributed by atoms with Crippen LogP contribution in [0.2, 0.25) is 0 Å². The Hall–Kier alpha value is -2.56. The quantitative estimate of drug-likeness (QED) is 0.744. The van der Waals surface area contributed by atoms with Crippen LogP contribution < -0.4 is 4.72 Å². The Morgan fingerprint density at radius 2 is 2.09 bits per heavy atom. The summed E-state index contributed by atoms with van der Waals surface area (Å²) in [5.41, 5.74) is 1.21. The summed E-state index contributed by atoms with van der Waals surface area (Å²) in [4.78, 5) is 1.08. The molecule has 3 rings (SSSR count). The molecule has 0 fully saturated rings. The maximum absolute atomic E-state index is 12.3. The molecule has 0 saturated carbocycles. The minimum absolute atomic E-state index is 0.120. The van der Waals surface area contributed by atoms with E-state index in [-0.39, 0.29) is 4.90 Å². The van der Waals surface area contributed by atoms with Crippen molar-refractivity contribution in [1.82, 2.24) is 9.78 Å². The first-order valence-electron chi connectivity index (χ1n) is 6.70. The Bertz CT molecular complexity index is 978. The number of anilines is 1. The molecular formula is C16H13N3O2S2. The van der Waals surface area contributed by atoms with Gasteiger partial charge in [-0.1, -0.05) is 24.0 Å². The summed E-state index contributed by atoms with van der Waals surface area (Å²) in [5.74, 6) is 6.07. The van der Waals surface area contributed by atoms with Gasteiger partial charge in [0.1, 0.15) is 4.90 Å². The zero-order valence-corrected chi connectivity index (χ0v) is 13.9. The van der Waals surface area contributed by atoms with Crippen molar-refractivity contribution >= 4 is 27.0 Å². The summed E-state index contributed by atoms with van der Waals surface area (Å²) in [7, 11) is -1.98. The Labute approximate surface area is 138 Å². The molecule has 116 valence electrons. The van der Waals surface area contributed by atoms with Crippen LogP contribution in [-0.2, 0) is 17.1 Å². The second-order valence-electron chi connectivity index (χ2n) is 4.76. The second kappa shape index (κ2) is 6.28. The maximum Gasteiger partial charge on any atom is 0.265 e. The van der Waals surface area contributed by atoms with Gasteiger partial charge < -0.3 is 0 Å². The molecular weight excluding hydrogens is 330 g/mol. The van der Waals surface area contributed by atoms with E-state index in [1.807, 2.05) is 23.6 Å². The highest BCUT2D eigenvalue weighted by Gasteiger charge is 2.16. The highest BCUT2D eigenvalue weighted by molar-refractivity contribution is 7.92. The molecule has 2 aromatic heterocycles. The molecule has 0 radical (unpaired) electrons. The summed E-state index contributed by atoms with van der Waals surface area (Å²) in [6.45, 7) is 0. The first kappa shape index (κ1) is 15.3. The lowest BCUT2D eigenvalue weighted by Gasteiger charge is -2.06. The third-order valence-electron chi connectivity index (χ3n) is 2.96. The van der Waals surface area contributed by atoms with Gasteiger partial charge in [-0.25, -0.2) is 8.42 Å². The summed E-state index contributed by atoms with van der Waals surface area (Å²) in [6.07, 6.45) is 2.76. The van der Waals surface area contributed by atoms with E-state index in [0.717, 1.165) is 10.4 Å². The van der Waals surface area contributed by atoms with Gasteiger partial charge in [-0.15, -0.1) is 11.3 Å². The third kappa shape index (κ3) is 3.80. The normalized spacial score (nSPS) is 10.8. The summed E-state index contributed by atoms with van der Waals surface area (Å²) < 4.78 is 28.5. The predicted molar refractivity (Wildman–Crippen MR) is 90.8 cm³/mol. The Morgan fingerprint density at radius 1 is 1.22 bits per heavy atom. The number of thiophene rings is 1. The number of hydrogen-bond acceptors (Lipinski definition) is 4. The van der Waals surface area contributed by atoms with Gasteiger partial charge in [0.2, 0.25) is 0 Å². The van der Waals surface area contributed by atoms with E-state index in [1.54, 1.807) is 36.6 Å². The van der Waals surface area contributed by atoms with Crippen LogP contribution in [0.25, 0.3) is 0 Å². The van der Waals surface area contributed by atoms with E-state index in [2.05, 4.69) is 21.7 Å². The molecule has 0 amide bonds. The van der Waals surface area contributed by atoms with Crippen LogP contribution in [0, 0.1) is 11.8 Å². The lowest BCUT2D eigenvalue weighted by atomic mass is 10.2. The van der Waals surface area contributed by atoms with Crippen molar-refractivity contribution in [3.8, 4) is 11.8 Å². The first-order valence-corrected chi connectivity index (χ1v) is 9.06. The van der Waals surface area contributed by atoms with Gasteiger partial charge in [0.25, 0.3) is 10.0 Å². The molecule has 0 aliphatic carbocycles. The highest BCUT2D eigenvalue weighted by Crippen LogP contribution is 2.16. The number of nitrogens with one attached hydrogen (secondary N) is 1. The standard InChI is InChI=1S/C16H13N3O2S2/c1-19-12-16(11-17-19)23(20,21)18-14-5-2-4-13(10-14)7-8-15-6-3-9-22-15/h2-6,9-12,18H,1H3. The van der Waals surface area contributed by atoms with Crippen molar-refractivity contribution < 1.29 is 8.42 Å². The number of aryl methyl sites for hydroxylation is 1. The molecule has 0 aliphatic rings. The van der Waals surface area contributed by atoms with Gasteiger partial charge in [0, 0.05) is 18.8 Å². The zero-order chi connectivity index (χ0) is 16.3. The van der Waals surface area contributed by atoms with Crippen LogP contribution in [-0.4, -0.2) is 18.2 Å². The molecule has 0 unspecified atom stereocenters. The van der Waals surface area contributed by atoms with Gasteiger partial charge in [0.05, 0.1) is 16.8 Å². The van der Waals surface area contributed by atoms with E-state index in [0.29, 0.717) is 5.69 Å². The van der Waals surface area contributed by atoms with Crippen molar-refractivity contribution in [2.45, 2.75) is 4.90 Å². The van der Waals surface area contributed by atoms with E-state index >= 15 is 0 Å². The van der Waals surface area contributed by atoms with Gasteiger partial charge in [0.15, 0.2) is 0 Å². The van der Waals surface area contributed by atoms with Crippen molar-refractivity contribution in [3.63, 3.8) is 0 Å². The van der Waals surface area contributed by atoms with Crippen LogP contribution in [0.15, 0.2) is 59.1 Å². The monoisotopic (exact) mass is 343 g/mol. The Balaban J connectivity index is 1.83. The van der Waals surface area contributed by atoms with E-state index in [1.165, 1.54) is 17.1 Å². The molecule has 5 nitrogen and oxygen atoms in total. The largest absolute Gasteiger partial charge is 0.279 e. The third-order valence-corrected chi connectivity index (χ3v) is 5.08. The molecule has 23 heavy (non-hydrogen) atoms. The summed E-state index contributed by atoms with van der Waals surface area (Å²) in [6, 6.07) is 10.9. The minimum Gasteiger partial charge on any atom is -0.279 e. The fourth-order valence-corrected chi connectivity index (χ4v) is 3.50. The smallest absolute Gasteiger partial charge is 0.265 e. The maximum atomic E-state index is 12.3. The summed E-state index contributed by atoms with van der Waals surface area (Å²) >= 11 is 1.56. The van der Waals surface area contributed by atoms with Gasteiger partial charge >= 0.3 is 0 Å².